The van der Waals surface area contributed by atoms with Gasteiger partial charge in [0.25, 0.3) is 0 Å². The largest absolute Gasteiger partial charge is 0.340 e. The molecule has 0 bridgehead atoms. The van der Waals surface area contributed by atoms with E-state index in [1.807, 2.05) is 6.92 Å². The maximum absolute atomic E-state index is 11.8. The van der Waals surface area contributed by atoms with Crippen molar-refractivity contribution in [2.24, 2.45) is 5.73 Å². The predicted molar refractivity (Wildman–Crippen MR) is 58.4 cm³/mol. The third kappa shape index (κ3) is 3.30. The fourth-order valence-electron chi connectivity index (χ4n) is 1.41. The average Bonchev–Trinajstić information content (AvgIpc) is 2.63. The minimum Gasteiger partial charge on any atom is -0.340 e. The molecule has 1 amide bonds. The Morgan fingerprint density at radius 3 is 2.81 bits per heavy atom. The number of nitrogens with two attached hydrogens (primary N) is 1. The van der Waals surface area contributed by atoms with Gasteiger partial charge < -0.3 is 15.2 Å². The summed E-state index contributed by atoms with van der Waals surface area (Å²) in [6.07, 6.45) is 1.58. The number of aromatic nitrogens is 2. The number of amides is 1. The zero-order valence-electron chi connectivity index (χ0n) is 9.93. The summed E-state index contributed by atoms with van der Waals surface area (Å²) >= 11 is 0. The summed E-state index contributed by atoms with van der Waals surface area (Å²) in [6.45, 7) is 4.03. The quantitative estimate of drug-likeness (QED) is 0.788. The summed E-state index contributed by atoms with van der Waals surface area (Å²) in [7, 11) is 1.68. The van der Waals surface area contributed by atoms with Gasteiger partial charge in [-0.15, -0.1) is 0 Å². The van der Waals surface area contributed by atoms with Gasteiger partial charge >= 0.3 is 0 Å². The number of aryl methyl sites for hydroxylation is 1. The predicted octanol–water partition coefficient (Wildman–Crippen LogP) is 0.464. The van der Waals surface area contributed by atoms with Crippen LogP contribution in [0, 0.1) is 6.92 Å². The van der Waals surface area contributed by atoms with Crippen LogP contribution in [-0.2, 0) is 11.3 Å². The van der Waals surface area contributed by atoms with Gasteiger partial charge in [0.15, 0.2) is 5.82 Å². The maximum Gasteiger partial charge on any atom is 0.239 e. The molecule has 6 nitrogen and oxygen atoms in total. The lowest BCUT2D eigenvalue weighted by Crippen LogP contribution is -2.41. The molecule has 1 aromatic rings. The van der Waals surface area contributed by atoms with E-state index in [4.69, 9.17) is 10.3 Å². The van der Waals surface area contributed by atoms with Gasteiger partial charge in [-0.25, -0.2) is 0 Å². The highest BCUT2D eigenvalue weighted by Crippen LogP contribution is 2.03. The van der Waals surface area contributed by atoms with E-state index < -0.39 is 6.04 Å². The molecule has 0 aromatic carbocycles. The van der Waals surface area contributed by atoms with Crippen molar-refractivity contribution >= 4 is 5.91 Å². The van der Waals surface area contributed by atoms with Crippen molar-refractivity contribution in [3.8, 4) is 0 Å². The summed E-state index contributed by atoms with van der Waals surface area (Å²) in [5.74, 6) is 0.898. The van der Waals surface area contributed by atoms with E-state index in [1.54, 1.807) is 14.0 Å². The molecule has 0 radical (unpaired) electrons. The van der Waals surface area contributed by atoms with E-state index >= 15 is 0 Å². The van der Waals surface area contributed by atoms with Crippen LogP contribution < -0.4 is 5.73 Å². The van der Waals surface area contributed by atoms with Gasteiger partial charge in [-0.2, -0.15) is 4.98 Å². The molecule has 16 heavy (non-hydrogen) atoms. The molecular weight excluding hydrogens is 208 g/mol. The molecule has 0 fully saturated rings. The standard InChI is InChI=1S/C10H18N4O2/c1-4-5-8(11)10(15)14(3)6-9-12-7(2)16-13-9/h8H,4-6,11H2,1-3H3. The molecule has 2 N–H and O–H groups in total. The first kappa shape index (κ1) is 12.6. The smallest absolute Gasteiger partial charge is 0.239 e. The number of likely N-dealkylation sites (N-methyl/N-ethyl adjacent to an activating group) is 1. The van der Waals surface area contributed by atoms with Crippen LogP contribution in [0.2, 0.25) is 0 Å². The molecule has 6 heteroatoms. The van der Waals surface area contributed by atoms with Gasteiger partial charge in [0.1, 0.15) is 0 Å². The average molecular weight is 226 g/mol. The Balaban J connectivity index is 2.51. The van der Waals surface area contributed by atoms with E-state index in [-0.39, 0.29) is 5.91 Å². The van der Waals surface area contributed by atoms with Gasteiger partial charge in [-0.3, -0.25) is 4.79 Å². The highest BCUT2D eigenvalue weighted by molar-refractivity contribution is 5.81. The zero-order valence-corrected chi connectivity index (χ0v) is 9.93. The van der Waals surface area contributed by atoms with Crippen molar-refractivity contribution in [1.82, 2.24) is 15.0 Å². The lowest BCUT2D eigenvalue weighted by Gasteiger charge is -2.19. The Hall–Kier alpha value is -1.43. The minimum atomic E-state index is -0.442. The fourth-order valence-corrected chi connectivity index (χ4v) is 1.41. The SMILES string of the molecule is CCCC(N)C(=O)N(C)Cc1noc(C)n1. The highest BCUT2D eigenvalue weighted by Gasteiger charge is 2.18. The first-order valence-electron chi connectivity index (χ1n) is 5.34. The van der Waals surface area contributed by atoms with Crippen LogP contribution in [0.4, 0.5) is 0 Å². The van der Waals surface area contributed by atoms with Gasteiger partial charge in [-0.05, 0) is 6.42 Å². The molecule has 1 heterocycles. The van der Waals surface area contributed by atoms with Crippen molar-refractivity contribution in [2.45, 2.75) is 39.3 Å². The van der Waals surface area contributed by atoms with Gasteiger partial charge in [0.2, 0.25) is 11.8 Å². The van der Waals surface area contributed by atoms with E-state index in [2.05, 4.69) is 10.1 Å². The zero-order chi connectivity index (χ0) is 12.1. The maximum atomic E-state index is 11.8. The number of carbonyl (C=O) groups is 1. The number of hydrogen-bond acceptors (Lipinski definition) is 5. The van der Waals surface area contributed by atoms with Crippen LogP contribution in [0.1, 0.15) is 31.5 Å². The molecule has 1 atom stereocenters. The molecule has 1 aromatic heterocycles. The Morgan fingerprint density at radius 2 is 2.31 bits per heavy atom. The molecule has 1 rings (SSSR count). The number of nitrogens with zero attached hydrogens (tertiary/aromatic N) is 3. The normalized spacial score (nSPS) is 12.5. The summed E-state index contributed by atoms with van der Waals surface area (Å²) in [4.78, 5) is 17.3. The lowest BCUT2D eigenvalue weighted by atomic mass is 10.1. The third-order valence-electron chi connectivity index (χ3n) is 2.24. The summed E-state index contributed by atoms with van der Waals surface area (Å²) in [6, 6.07) is -0.442. The number of rotatable bonds is 5. The van der Waals surface area contributed by atoms with Crippen molar-refractivity contribution < 1.29 is 9.32 Å². The molecular formula is C10H18N4O2. The summed E-state index contributed by atoms with van der Waals surface area (Å²) in [5.41, 5.74) is 5.73. The molecule has 0 saturated heterocycles. The molecule has 0 aliphatic heterocycles. The van der Waals surface area contributed by atoms with Crippen LogP contribution in [0.3, 0.4) is 0 Å². The second-order valence-corrected chi connectivity index (χ2v) is 3.82. The monoisotopic (exact) mass is 226 g/mol. The van der Waals surface area contributed by atoms with Crippen LogP contribution >= 0.6 is 0 Å². The van der Waals surface area contributed by atoms with Crippen LogP contribution in [0.25, 0.3) is 0 Å². The van der Waals surface area contributed by atoms with Crippen molar-refractivity contribution in [3.63, 3.8) is 0 Å². The Kier molecular flexibility index (Phi) is 4.42. The van der Waals surface area contributed by atoms with Crippen molar-refractivity contribution in [2.75, 3.05) is 7.05 Å². The summed E-state index contributed by atoms with van der Waals surface area (Å²) < 4.78 is 4.82. The second kappa shape index (κ2) is 5.60. The molecule has 1 unspecified atom stereocenters. The molecule has 0 aliphatic carbocycles. The van der Waals surface area contributed by atoms with Crippen molar-refractivity contribution in [1.29, 1.82) is 0 Å². The number of hydrogen-bond donors (Lipinski definition) is 1. The molecule has 0 aliphatic rings. The molecule has 0 spiro atoms. The van der Waals surface area contributed by atoms with Crippen LogP contribution in [0.15, 0.2) is 4.52 Å². The molecule has 0 saturated carbocycles. The fraction of sp³-hybridized carbons (Fsp3) is 0.700. The van der Waals surface area contributed by atoms with Gasteiger partial charge in [0.05, 0.1) is 12.6 Å². The van der Waals surface area contributed by atoms with E-state index in [9.17, 15) is 4.79 Å². The molecule has 90 valence electrons. The Bertz CT molecular complexity index is 350. The van der Waals surface area contributed by atoms with Crippen molar-refractivity contribution in [3.05, 3.63) is 11.7 Å². The minimum absolute atomic E-state index is 0.0932. The first-order valence-corrected chi connectivity index (χ1v) is 5.34. The second-order valence-electron chi connectivity index (χ2n) is 3.82. The lowest BCUT2D eigenvalue weighted by molar-refractivity contribution is -0.132. The third-order valence-corrected chi connectivity index (χ3v) is 2.24. The summed E-state index contributed by atoms with van der Waals surface area (Å²) in [5, 5.41) is 3.72. The van der Waals surface area contributed by atoms with Gasteiger partial charge in [-0.1, -0.05) is 18.5 Å². The first-order chi connectivity index (χ1) is 7.54. The Morgan fingerprint density at radius 1 is 1.62 bits per heavy atom. The van der Waals surface area contributed by atoms with Crippen LogP contribution in [-0.4, -0.2) is 34.0 Å². The van der Waals surface area contributed by atoms with Crippen LogP contribution in [0.5, 0.6) is 0 Å². The number of carbonyl (C=O) groups excluding carboxylic acids is 1. The van der Waals surface area contributed by atoms with E-state index in [1.165, 1.54) is 4.90 Å². The van der Waals surface area contributed by atoms with E-state index in [0.29, 0.717) is 24.7 Å². The topological polar surface area (TPSA) is 85.3 Å². The van der Waals surface area contributed by atoms with E-state index in [0.717, 1.165) is 6.42 Å². The van der Waals surface area contributed by atoms with Gasteiger partial charge in [0, 0.05) is 14.0 Å². The highest BCUT2D eigenvalue weighted by atomic mass is 16.5. The Labute approximate surface area is 94.8 Å².